The summed E-state index contributed by atoms with van der Waals surface area (Å²) in [4.78, 5) is 8.18. The molecule has 0 fully saturated rings. The summed E-state index contributed by atoms with van der Waals surface area (Å²) in [6.45, 7) is 8.08. The molecule has 0 spiro atoms. The first-order valence-corrected chi connectivity index (χ1v) is 11.6. The molecular formula is C24H30F2N8O. The number of nitrogens with zero attached hydrogens (tertiary/aromatic N) is 6. The van der Waals surface area contributed by atoms with Crippen molar-refractivity contribution in [3.63, 3.8) is 0 Å². The maximum atomic E-state index is 12.9. The number of aliphatic hydroxyl groups excluding tert-OH is 1. The van der Waals surface area contributed by atoms with Crippen molar-refractivity contribution in [3.05, 3.63) is 59.8 Å². The van der Waals surface area contributed by atoms with E-state index in [1.807, 2.05) is 40.0 Å². The zero-order valence-electron chi connectivity index (χ0n) is 20.1. The van der Waals surface area contributed by atoms with E-state index in [2.05, 4.69) is 25.5 Å². The Balaban J connectivity index is 1.72. The van der Waals surface area contributed by atoms with Crippen LogP contribution < -0.4 is 11.1 Å². The molecule has 35 heavy (non-hydrogen) atoms. The molecule has 3 atom stereocenters. The van der Waals surface area contributed by atoms with Gasteiger partial charge in [-0.25, -0.2) is 13.3 Å². The molecule has 0 radical (unpaired) electrons. The lowest BCUT2D eigenvalue weighted by molar-refractivity contribution is 0.126. The summed E-state index contributed by atoms with van der Waals surface area (Å²) >= 11 is 0. The van der Waals surface area contributed by atoms with Gasteiger partial charge in [-0.15, -0.1) is 5.10 Å². The van der Waals surface area contributed by atoms with Crippen LogP contribution in [-0.2, 0) is 0 Å². The zero-order chi connectivity index (χ0) is 25.3. The molecule has 4 aromatic rings. The third-order valence-electron chi connectivity index (χ3n) is 6.05. The molecule has 4 aromatic heterocycles. The smallest absolute Gasteiger partial charge is 0.280 e. The molecule has 9 nitrogen and oxygen atoms in total. The molecule has 4 N–H and O–H groups in total. The summed E-state index contributed by atoms with van der Waals surface area (Å²) in [5, 5.41) is 22.8. The molecule has 0 amide bonds. The summed E-state index contributed by atoms with van der Waals surface area (Å²) in [6.07, 6.45) is 4.13. The van der Waals surface area contributed by atoms with Gasteiger partial charge in [0.05, 0.1) is 12.2 Å². The Morgan fingerprint density at radius 1 is 1.11 bits per heavy atom. The molecule has 186 valence electrons. The number of rotatable bonds is 9. The highest BCUT2D eigenvalue weighted by molar-refractivity contribution is 5.66. The summed E-state index contributed by atoms with van der Waals surface area (Å²) in [7, 11) is 0. The molecule has 4 heterocycles. The van der Waals surface area contributed by atoms with Gasteiger partial charge >= 0.3 is 0 Å². The molecule has 0 aromatic carbocycles. The van der Waals surface area contributed by atoms with Crippen molar-refractivity contribution in [1.82, 2.24) is 34.7 Å². The van der Waals surface area contributed by atoms with Gasteiger partial charge in [-0.05, 0) is 37.0 Å². The predicted molar refractivity (Wildman–Crippen MR) is 129 cm³/mol. The lowest BCUT2D eigenvalue weighted by Crippen LogP contribution is -2.30. The summed E-state index contributed by atoms with van der Waals surface area (Å²) in [5.41, 5.74) is 8.93. The van der Waals surface area contributed by atoms with Crippen LogP contribution in [0.5, 0.6) is 0 Å². The Kier molecular flexibility index (Phi) is 7.08. The van der Waals surface area contributed by atoms with E-state index >= 15 is 0 Å². The highest BCUT2D eigenvalue weighted by atomic mass is 19.3. The highest BCUT2D eigenvalue weighted by Gasteiger charge is 2.22. The van der Waals surface area contributed by atoms with Gasteiger partial charge in [0.2, 0.25) is 5.95 Å². The summed E-state index contributed by atoms with van der Waals surface area (Å²) < 4.78 is 29.2. The van der Waals surface area contributed by atoms with E-state index in [-0.39, 0.29) is 29.6 Å². The first kappa shape index (κ1) is 24.7. The third kappa shape index (κ3) is 5.15. The number of aromatic nitrogens is 6. The Labute approximate surface area is 202 Å². The maximum absolute atomic E-state index is 12.9. The van der Waals surface area contributed by atoms with Crippen LogP contribution in [0, 0.1) is 5.92 Å². The van der Waals surface area contributed by atoms with Gasteiger partial charge in [0.15, 0.2) is 5.65 Å². The zero-order valence-corrected chi connectivity index (χ0v) is 20.1. The SMILES string of the molecule is CC[C@H](C)NC(O)c1cc(-c2cnn(C(c3ccc(C(F)F)nc3)C(C)C)c2)cn2nc(N)nc12. The van der Waals surface area contributed by atoms with Gasteiger partial charge in [0.1, 0.15) is 11.9 Å². The van der Waals surface area contributed by atoms with Gasteiger partial charge in [-0.2, -0.15) is 10.1 Å². The number of nitrogens with two attached hydrogens (primary N) is 1. The van der Waals surface area contributed by atoms with Crippen molar-refractivity contribution < 1.29 is 13.9 Å². The fraction of sp³-hybridized carbons (Fsp3) is 0.417. The number of nitrogen functional groups attached to an aromatic ring is 1. The van der Waals surface area contributed by atoms with Gasteiger partial charge in [-0.1, -0.05) is 26.8 Å². The van der Waals surface area contributed by atoms with E-state index in [1.54, 1.807) is 27.7 Å². The first-order valence-electron chi connectivity index (χ1n) is 11.6. The number of fused-ring (bicyclic) bond motifs is 1. The van der Waals surface area contributed by atoms with E-state index in [0.29, 0.717) is 11.2 Å². The summed E-state index contributed by atoms with van der Waals surface area (Å²) in [6, 6.07) is 4.74. The quantitative estimate of drug-likeness (QED) is 0.306. The molecule has 0 aliphatic heterocycles. The number of aliphatic hydroxyl groups is 1. The number of alkyl halides is 2. The van der Waals surface area contributed by atoms with Gasteiger partial charge < -0.3 is 10.8 Å². The van der Waals surface area contributed by atoms with Crippen LogP contribution in [-0.4, -0.2) is 40.5 Å². The van der Waals surface area contributed by atoms with Crippen LogP contribution in [0.2, 0.25) is 0 Å². The Morgan fingerprint density at radius 2 is 1.89 bits per heavy atom. The Bertz CT molecular complexity index is 1280. The normalized spacial score (nSPS) is 14.7. The molecule has 0 bridgehead atoms. The van der Waals surface area contributed by atoms with Crippen LogP contribution in [0.15, 0.2) is 43.0 Å². The largest absolute Gasteiger partial charge is 0.374 e. The average Bonchev–Trinajstić information content (AvgIpc) is 3.44. The van der Waals surface area contributed by atoms with Gasteiger partial charge in [-0.3, -0.25) is 15.0 Å². The first-order chi connectivity index (χ1) is 16.7. The second-order valence-corrected chi connectivity index (χ2v) is 9.02. The minimum absolute atomic E-state index is 0.0913. The minimum atomic E-state index is -2.61. The van der Waals surface area contributed by atoms with Crippen LogP contribution in [0.4, 0.5) is 14.7 Å². The number of hydrogen-bond acceptors (Lipinski definition) is 7. The van der Waals surface area contributed by atoms with Crippen molar-refractivity contribution in [2.24, 2.45) is 5.92 Å². The van der Waals surface area contributed by atoms with Crippen LogP contribution in [0.25, 0.3) is 16.8 Å². The van der Waals surface area contributed by atoms with E-state index in [0.717, 1.165) is 23.1 Å². The number of hydrogen-bond donors (Lipinski definition) is 3. The van der Waals surface area contributed by atoms with Crippen LogP contribution in [0.1, 0.15) is 69.6 Å². The topological polar surface area (TPSA) is 119 Å². The van der Waals surface area contributed by atoms with Gasteiger partial charge in [0, 0.05) is 41.3 Å². The van der Waals surface area contributed by atoms with E-state index in [1.165, 1.54) is 12.3 Å². The molecule has 2 unspecified atom stereocenters. The van der Waals surface area contributed by atoms with Crippen LogP contribution >= 0.6 is 0 Å². The van der Waals surface area contributed by atoms with Crippen molar-refractivity contribution in [2.45, 2.75) is 58.9 Å². The van der Waals surface area contributed by atoms with Gasteiger partial charge in [0.25, 0.3) is 6.43 Å². The number of halogens is 2. The van der Waals surface area contributed by atoms with Crippen molar-refractivity contribution in [3.8, 4) is 11.1 Å². The lowest BCUT2D eigenvalue weighted by atomic mass is 9.97. The standard InChI is InChI=1S/C24H30F2N8O/c1-5-14(4)30-23(35)18-8-16(11-34-22(18)31-24(27)32-34)17-10-29-33(12-17)20(13(2)3)15-6-7-19(21(25)26)28-9-15/h6-14,20-21,23,30,35H,5H2,1-4H3,(H2,27,32)/t14-,20?,23?/m0/s1. The maximum Gasteiger partial charge on any atom is 0.280 e. The van der Waals surface area contributed by atoms with Crippen molar-refractivity contribution in [2.75, 3.05) is 5.73 Å². The molecule has 11 heteroatoms. The number of nitrogens with one attached hydrogen (secondary N) is 1. The van der Waals surface area contributed by atoms with Crippen molar-refractivity contribution in [1.29, 1.82) is 0 Å². The molecule has 0 saturated heterocycles. The number of anilines is 1. The Morgan fingerprint density at radius 3 is 2.51 bits per heavy atom. The second kappa shape index (κ2) is 10.0. The number of pyridine rings is 2. The van der Waals surface area contributed by atoms with E-state index < -0.39 is 12.7 Å². The van der Waals surface area contributed by atoms with E-state index in [4.69, 9.17) is 5.73 Å². The minimum Gasteiger partial charge on any atom is -0.374 e. The molecule has 0 aliphatic carbocycles. The summed E-state index contributed by atoms with van der Waals surface area (Å²) in [5.74, 6) is 0.228. The van der Waals surface area contributed by atoms with E-state index in [9.17, 15) is 13.9 Å². The fourth-order valence-corrected chi connectivity index (χ4v) is 4.07. The molecular weight excluding hydrogens is 454 g/mol. The molecule has 0 aliphatic rings. The molecule has 0 saturated carbocycles. The second-order valence-electron chi connectivity index (χ2n) is 9.02. The molecule has 4 rings (SSSR count). The van der Waals surface area contributed by atoms with Crippen molar-refractivity contribution >= 4 is 11.6 Å². The predicted octanol–water partition coefficient (Wildman–Crippen LogP) is 4.13. The Hall–Kier alpha value is -3.44. The average molecular weight is 485 g/mol. The highest BCUT2D eigenvalue weighted by Crippen LogP contribution is 2.31. The third-order valence-corrected chi connectivity index (χ3v) is 6.05. The fourth-order valence-electron chi connectivity index (χ4n) is 4.07. The monoisotopic (exact) mass is 484 g/mol. The lowest BCUT2D eigenvalue weighted by Gasteiger charge is -2.22. The van der Waals surface area contributed by atoms with Crippen LogP contribution in [0.3, 0.4) is 0 Å².